The summed E-state index contributed by atoms with van der Waals surface area (Å²) >= 11 is 0. The zero-order valence-corrected chi connectivity index (χ0v) is 13.2. The number of hydrogen-bond donors (Lipinski definition) is 2. The Balaban J connectivity index is 2.46. The number of amidine groups is 1. The molecule has 2 unspecified atom stereocenters. The molecule has 7 nitrogen and oxygen atoms in total. The molecule has 1 heterocycles. The van der Waals surface area contributed by atoms with Crippen LogP contribution in [0.15, 0.2) is 23.2 Å². The largest absolute Gasteiger partial charge is 0.485 e. The first-order chi connectivity index (χ1) is 10.9. The molecule has 120 valence electrons. The number of aliphatic hydroxyl groups is 1. The predicted octanol–water partition coefficient (Wildman–Crippen LogP) is 1.59. The van der Waals surface area contributed by atoms with E-state index >= 15 is 0 Å². The van der Waals surface area contributed by atoms with Gasteiger partial charge in [0.25, 0.3) is 0 Å². The molecule has 2 rings (SSSR count). The van der Waals surface area contributed by atoms with Crippen LogP contribution in [0.2, 0.25) is 0 Å². The van der Waals surface area contributed by atoms with E-state index in [0.29, 0.717) is 23.5 Å². The van der Waals surface area contributed by atoms with Crippen LogP contribution in [-0.4, -0.2) is 29.4 Å². The van der Waals surface area contributed by atoms with Gasteiger partial charge in [0, 0.05) is 5.56 Å². The molecule has 0 bridgehead atoms. The second kappa shape index (κ2) is 6.55. The van der Waals surface area contributed by atoms with E-state index < -0.39 is 17.7 Å². The zero-order valence-electron chi connectivity index (χ0n) is 13.2. The molecule has 1 aliphatic rings. The fraction of sp³-hybridized carbons (Fsp3) is 0.438. The number of fused-ring (bicyclic) bond motifs is 1. The van der Waals surface area contributed by atoms with Crippen LogP contribution in [0.3, 0.4) is 0 Å². The molecule has 0 amide bonds. The van der Waals surface area contributed by atoms with Crippen molar-refractivity contribution in [3.63, 3.8) is 0 Å². The van der Waals surface area contributed by atoms with Gasteiger partial charge in [-0.05, 0) is 39.0 Å². The fourth-order valence-corrected chi connectivity index (χ4v) is 2.45. The van der Waals surface area contributed by atoms with Gasteiger partial charge < -0.3 is 19.9 Å². The molecule has 23 heavy (non-hydrogen) atoms. The second-order valence-electron chi connectivity index (χ2n) is 5.59. The van der Waals surface area contributed by atoms with Gasteiger partial charge in [-0.3, -0.25) is 0 Å². The average Bonchev–Trinajstić information content (AvgIpc) is 2.51. The highest BCUT2D eigenvalue weighted by Crippen LogP contribution is 2.40. The Kier molecular flexibility index (Phi) is 4.73. The van der Waals surface area contributed by atoms with Crippen molar-refractivity contribution >= 4 is 6.02 Å². The highest BCUT2D eigenvalue weighted by molar-refractivity contribution is 5.75. The van der Waals surface area contributed by atoms with Gasteiger partial charge in [0.15, 0.2) is 0 Å². The van der Waals surface area contributed by atoms with Gasteiger partial charge in [-0.25, -0.2) is 0 Å². The Bertz CT molecular complexity index is 700. The van der Waals surface area contributed by atoms with Crippen LogP contribution in [0.1, 0.15) is 37.9 Å². The molecule has 1 aliphatic heterocycles. The van der Waals surface area contributed by atoms with Crippen LogP contribution in [0, 0.1) is 22.8 Å². The Morgan fingerprint density at radius 1 is 1.48 bits per heavy atom. The highest BCUT2D eigenvalue weighted by atomic mass is 16.5. The standard InChI is InChI=1S/C16H18N4O3/c1-4-22-15(19-9-18)20-13-11-7-10(8-17)5-6-12(11)23-16(2,3)14(13)21/h5-7,13-14,21H,4H2,1-3H3,(H,19,20). The molecular formula is C16H18N4O3. The molecule has 0 saturated heterocycles. The molecule has 0 radical (unpaired) electrons. The van der Waals surface area contributed by atoms with Gasteiger partial charge in [-0.15, -0.1) is 4.99 Å². The van der Waals surface area contributed by atoms with Crippen molar-refractivity contribution in [2.75, 3.05) is 6.61 Å². The summed E-state index contributed by atoms with van der Waals surface area (Å²) in [5, 5.41) is 31.4. The Morgan fingerprint density at radius 3 is 2.83 bits per heavy atom. The first-order valence-electron chi connectivity index (χ1n) is 7.20. The maximum Gasteiger partial charge on any atom is 0.300 e. The third-order valence-electron chi connectivity index (χ3n) is 3.59. The van der Waals surface area contributed by atoms with E-state index in [4.69, 9.17) is 20.0 Å². The zero-order chi connectivity index (χ0) is 17.0. The summed E-state index contributed by atoms with van der Waals surface area (Å²) in [6, 6.07) is 6.43. The predicted molar refractivity (Wildman–Crippen MR) is 82.4 cm³/mol. The Morgan fingerprint density at radius 2 is 2.22 bits per heavy atom. The minimum atomic E-state index is -0.937. The maximum atomic E-state index is 10.6. The molecule has 7 heteroatoms. The lowest BCUT2D eigenvalue weighted by atomic mass is 9.86. The number of nitriles is 2. The number of rotatable bonds is 2. The number of hydrogen-bond acceptors (Lipinski definition) is 6. The third kappa shape index (κ3) is 3.36. The molecule has 0 aliphatic carbocycles. The minimum Gasteiger partial charge on any atom is -0.485 e. The average molecular weight is 314 g/mol. The number of nitrogens with zero attached hydrogens (tertiary/aromatic N) is 3. The summed E-state index contributed by atoms with van der Waals surface area (Å²) in [6.45, 7) is 5.60. The summed E-state index contributed by atoms with van der Waals surface area (Å²) in [7, 11) is 0. The third-order valence-corrected chi connectivity index (χ3v) is 3.59. The van der Waals surface area contributed by atoms with Gasteiger partial charge in [0.2, 0.25) is 6.19 Å². The molecule has 1 aromatic carbocycles. The number of nitrogens with one attached hydrogen (secondary N) is 1. The SMILES string of the molecule is CCOC(=NC#N)NC1c2cc(C#N)ccc2OC(C)(C)C1O. The van der Waals surface area contributed by atoms with Crippen LogP contribution < -0.4 is 10.1 Å². The van der Waals surface area contributed by atoms with E-state index in [1.54, 1.807) is 45.2 Å². The van der Waals surface area contributed by atoms with E-state index in [1.165, 1.54) is 0 Å². The number of benzene rings is 1. The number of aliphatic imine (C=N–C) groups is 1. The van der Waals surface area contributed by atoms with Crippen LogP contribution >= 0.6 is 0 Å². The molecule has 1 aromatic rings. The molecular weight excluding hydrogens is 296 g/mol. The number of aliphatic hydroxyl groups excluding tert-OH is 1. The van der Waals surface area contributed by atoms with E-state index in [9.17, 15) is 5.11 Å². The van der Waals surface area contributed by atoms with Gasteiger partial charge >= 0.3 is 6.02 Å². The lowest BCUT2D eigenvalue weighted by Gasteiger charge is -2.42. The van der Waals surface area contributed by atoms with Crippen molar-refractivity contribution in [2.24, 2.45) is 4.99 Å². The normalized spacial score (nSPS) is 22.1. The van der Waals surface area contributed by atoms with E-state index in [2.05, 4.69) is 16.4 Å². The molecule has 2 N–H and O–H groups in total. The van der Waals surface area contributed by atoms with Gasteiger partial charge in [-0.2, -0.15) is 10.5 Å². The lowest BCUT2D eigenvalue weighted by Crippen LogP contribution is -2.53. The van der Waals surface area contributed by atoms with Crippen LogP contribution in [-0.2, 0) is 4.74 Å². The molecule has 0 fully saturated rings. The smallest absolute Gasteiger partial charge is 0.300 e. The van der Waals surface area contributed by atoms with Crippen molar-refractivity contribution in [1.82, 2.24) is 5.32 Å². The van der Waals surface area contributed by atoms with Crippen LogP contribution in [0.5, 0.6) is 5.75 Å². The monoisotopic (exact) mass is 314 g/mol. The quantitative estimate of drug-likeness (QED) is 0.487. The Labute approximate surface area is 134 Å². The van der Waals surface area contributed by atoms with Crippen LogP contribution in [0.4, 0.5) is 0 Å². The number of ether oxygens (including phenoxy) is 2. The summed E-state index contributed by atoms with van der Waals surface area (Å²) < 4.78 is 11.1. The van der Waals surface area contributed by atoms with Crippen molar-refractivity contribution in [3.8, 4) is 18.0 Å². The van der Waals surface area contributed by atoms with Crippen molar-refractivity contribution < 1.29 is 14.6 Å². The molecule has 2 atom stereocenters. The summed E-state index contributed by atoms with van der Waals surface area (Å²) in [4.78, 5) is 3.58. The van der Waals surface area contributed by atoms with E-state index in [0.717, 1.165) is 0 Å². The minimum absolute atomic E-state index is 0.0186. The molecule has 0 aromatic heterocycles. The summed E-state index contributed by atoms with van der Waals surface area (Å²) in [5.41, 5.74) is 0.199. The van der Waals surface area contributed by atoms with Crippen LogP contribution in [0.25, 0.3) is 0 Å². The Hall–Kier alpha value is -2.77. The van der Waals surface area contributed by atoms with Gasteiger partial charge in [0.1, 0.15) is 17.5 Å². The molecule has 0 spiro atoms. The topological polar surface area (TPSA) is 111 Å². The van der Waals surface area contributed by atoms with E-state index in [1.807, 2.05) is 0 Å². The van der Waals surface area contributed by atoms with Crippen molar-refractivity contribution in [1.29, 1.82) is 10.5 Å². The second-order valence-corrected chi connectivity index (χ2v) is 5.59. The van der Waals surface area contributed by atoms with Gasteiger partial charge in [-0.1, -0.05) is 0 Å². The van der Waals surface area contributed by atoms with Crippen molar-refractivity contribution in [3.05, 3.63) is 29.3 Å². The summed E-state index contributed by atoms with van der Waals surface area (Å²) in [5.74, 6) is 0.560. The lowest BCUT2D eigenvalue weighted by molar-refractivity contribution is -0.0620. The first-order valence-corrected chi connectivity index (χ1v) is 7.20. The maximum absolute atomic E-state index is 10.6. The van der Waals surface area contributed by atoms with Crippen molar-refractivity contribution in [2.45, 2.75) is 38.5 Å². The molecule has 0 saturated carbocycles. The highest BCUT2D eigenvalue weighted by Gasteiger charge is 2.43. The first kappa shape index (κ1) is 16.6. The van der Waals surface area contributed by atoms with E-state index in [-0.39, 0.29) is 6.02 Å². The van der Waals surface area contributed by atoms with Gasteiger partial charge in [0.05, 0.1) is 24.3 Å². The summed E-state index contributed by atoms with van der Waals surface area (Å²) in [6.07, 6.45) is 0.723. The fourth-order valence-electron chi connectivity index (χ4n) is 2.45.